The van der Waals surface area contributed by atoms with Crippen molar-refractivity contribution in [1.29, 1.82) is 0 Å². The van der Waals surface area contributed by atoms with Crippen molar-refractivity contribution in [2.24, 2.45) is 0 Å². The highest BCUT2D eigenvalue weighted by molar-refractivity contribution is 6.05. The zero-order valence-electron chi connectivity index (χ0n) is 18.9. The number of nitrogens with one attached hydrogen (secondary N) is 2. The molecule has 4 aromatic rings. The van der Waals surface area contributed by atoms with E-state index >= 15 is 0 Å². The molecule has 0 aliphatic heterocycles. The highest BCUT2D eigenvalue weighted by Crippen LogP contribution is 2.27. The van der Waals surface area contributed by atoms with E-state index in [0.717, 1.165) is 17.7 Å². The Morgan fingerprint density at radius 3 is 2.51 bits per heavy atom. The second kappa shape index (κ2) is 9.80. The fraction of sp³-hybridized carbons (Fsp3) is 0.160. The fourth-order valence-corrected chi connectivity index (χ4v) is 3.71. The first kappa shape index (κ1) is 23.7. The van der Waals surface area contributed by atoms with Crippen LogP contribution in [0.3, 0.4) is 0 Å². The number of nitrogens with zero attached hydrogens (tertiary/aromatic N) is 2. The molecule has 2 aromatic carbocycles. The van der Waals surface area contributed by atoms with E-state index in [1.54, 1.807) is 54.8 Å². The first-order chi connectivity index (χ1) is 16.7. The summed E-state index contributed by atoms with van der Waals surface area (Å²) in [6.07, 6.45) is 0.528. The van der Waals surface area contributed by atoms with Gasteiger partial charge in [0.15, 0.2) is 11.4 Å². The topological polar surface area (TPSA) is 105 Å². The largest absolute Gasteiger partial charge is 0.485 e. The van der Waals surface area contributed by atoms with Crippen LogP contribution in [0.4, 0.5) is 19.3 Å². The quantitative estimate of drug-likeness (QED) is 0.352. The molecule has 10 heteroatoms. The molecule has 0 saturated heterocycles. The van der Waals surface area contributed by atoms with Gasteiger partial charge in [-0.25, -0.2) is 18.6 Å². The number of benzene rings is 2. The standard InChI is InChI=1S/C25H22F2N4O4/c1-14-10-21(35-13-17-18(26)7-5-8-19(17)27)23-29-15(2)22(31(23)12-14)24(32)30-20-9-4-3-6-16(20)11-28-25(33)34/h3-10,12,28H,11,13H2,1-2H3,(H,30,32)(H,33,34). The van der Waals surface area contributed by atoms with E-state index in [4.69, 9.17) is 9.84 Å². The van der Waals surface area contributed by atoms with Crippen LogP contribution in [0.25, 0.3) is 5.65 Å². The molecule has 2 amide bonds. The van der Waals surface area contributed by atoms with Gasteiger partial charge in [0.25, 0.3) is 5.91 Å². The normalized spacial score (nSPS) is 10.9. The molecule has 2 aromatic heterocycles. The smallest absolute Gasteiger partial charge is 0.404 e. The zero-order valence-corrected chi connectivity index (χ0v) is 18.9. The Balaban J connectivity index is 1.65. The van der Waals surface area contributed by atoms with Crippen molar-refractivity contribution in [3.05, 3.63) is 94.4 Å². The molecule has 35 heavy (non-hydrogen) atoms. The molecule has 2 heterocycles. The maximum Gasteiger partial charge on any atom is 0.404 e. The van der Waals surface area contributed by atoms with Crippen LogP contribution in [-0.2, 0) is 13.2 Å². The van der Waals surface area contributed by atoms with E-state index in [1.807, 2.05) is 0 Å². The third-order valence-electron chi connectivity index (χ3n) is 5.34. The van der Waals surface area contributed by atoms with Gasteiger partial charge in [0.1, 0.15) is 23.9 Å². The Labute approximate surface area is 199 Å². The van der Waals surface area contributed by atoms with Crippen LogP contribution in [0.1, 0.15) is 32.9 Å². The Morgan fingerprint density at radius 1 is 1.09 bits per heavy atom. The van der Waals surface area contributed by atoms with Gasteiger partial charge < -0.3 is 20.5 Å². The lowest BCUT2D eigenvalue weighted by Gasteiger charge is -2.13. The summed E-state index contributed by atoms with van der Waals surface area (Å²) in [5.74, 6) is -1.64. The van der Waals surface area contributed by atoms with Crippen LogP contribution in [0.2, 0.25) is 0 Å². The molecular formula is C25H22F2N4O4. The van der Waals surface area contributed by atoms with Gasteiger partial charge in [-0.05, 0) is 49.2 Å². The molecule has 0 atom stereocenters. The number of para-hydroxylation sites is 1. The van der Waals surface area contributed by atoms with E-state index < -0.39 is 23.6 Å². The molecule has 0 unspecified atom stereocenters. The maximum atomic E-state index is 14.0. The van der Waals surface area contributed by atoms with Crippen molar-refractivity contribution in [3.63, 3.8) is 0 Å². The molecule has 0 aliphatic carbocycles. The van der Waals surface area contributed by atoms with Crippen molar-refractivity contribution < 1.29 is 28.2 Å². The fourth-order valence-electron chi connectivity index (χ4n) is 3.71. The van der Waals surface area contributed by atoms with Crippen molar-refractivity contribution in [2.75, 3.05) is 5.32 Å². The summed E-state index contributed by atoms with van der Waals surface area (Å²) in [4.78, 5) is 28.6. The number of carbonyl (C=O) groups is 2. The molecular weight excluding hydrogens is 458 g/mol. The molecule has 0 bridgehead atoms. The summed E-state index contributed by atoms with van der Waals surface area (Å²) in [5.41, 5.74) is 2.53. The second-order valence-electron chi connectivity index (χ2n) is 7.88. The van der Waals surface area contributed by atoms with Crippen LogP contribution in [0.5, 0.6) is 5.75 Å². The minimum absolute atomic E-state index is 0.0155. The summed E-state index contributed by atoms with van der Waals surface area (Å²) < 4.78 is 35.3. The third kappa shape index (κ3) is 5.06. The molecule has 0 spiro atoms. The Morgan fingerprint density at radius 2 is 1.80 bits per heavy atom. The monoisotopic (exact) mass is 480 g/mol. The van der Waals surface area contributed by atoms with Crippen molar-refractivity contribution in [2.45, 2.75) is 27.0 Å². The average Bonchev–Trinajstić information content (AvgIpc) is 3.13. The number of fused-ring (bicyclic) bond motifs is 1. The number of hydrogen-bond donors (Lipinski definition) is 3. The maximum absolute atomic E-state index is 14.0. The number of carboxylic acid groups (broad SMARTS) is 1. The lowest BCUT2D eigenvalue weighted by atomic mass is 10.1. The van der Waals surface area contributed by atoms with Gasteiger partial charge in [0, 0.05) is 18.4 Å². The number of aromatic nitrogens is 2. The van der Waals surface area contributed by atoms with Gasteiger partial charge in [-0.1, -0.05) is 24.3 Å². The summed E-state index contributed by atoms with van der Waals surface area (Å²) in [5, 5.41) is 14.0. The lowest BCUT2D eigenvalue weighted by molar-refractivity contribution is 0.102. The van der Waals surface area contributed by atoms with E-state index in [2.05, 4.69) is 15.6 Å². The number of pyridine rings is 1. The summed E-state index contributed by atoms with van der Waals surface area (Å²) >= 11 is 0. The minimum Gasteiger partial charge on any atom is -0.485 e. The predicted molar refractivity (Wildman–Crippen MR) is 125 cm³/mol. The summed E-state index contributed by atoms with van der Waals surface area (Å²) in [6.45, 7) is 3.12. The highest BCUT2D eigenvalue weighted by Gasteiger charge is 2.21. The van der Waals surface area contributed by atoms with Crippen LogP contribution in [0, 0.1) is 25.5 Å². The molecule has 3 N–H and O–H groups in total. The van der Waals surface area contributed by atoms with Gasteiger partial charge in [-0.15, -0.1) is 0 Å². The number of amides is 2. The Kier molecular flexibility index (Phi) is 6.63. The molecule has 4 rings (SSSR count). The third-order valence-corrected chi connectivity index (χ3v) is 5.34. The van der Waals surface area contributed by atoms with Crippen molar-refractivity contribution in [1.82, 2.24) is 14.7 Å². The molecule has 8 nitrogen and oxygen atoms in total. The number of hydrogen-bond acceptors (Lipinski definition) is 4. The average molecular weight is 480 g/mol. The SMILES string of the molecule is Cc1cc(OCc2c(F)cccc2F)c2nc(C)c(C(=O)Nc3ccccc3CNC(=O)O)n2c1. The van der Waals surface area contributed by atoms with Gasteiger partial charge in [-0.3, -0.25) is 9.20 Å². The molecule has 0 saturated carbocycles. The van der Waals surface area contributed by atoms with Gasteiger partial charge >= 0.3 is 6.09 Å². The van der Waals surface area contributed by atoms with E-state index in [-0.39, 0.29) is 30.2 Å². The minimum atomic E-state index is -1.18. The lowest BCUT2D eigenvalue weighted by Crippen LogP contribution is -2.22. The number of aryl methyl sites for hydroxylation is 2. The van der Waals surface area contributed by atoms with Crippen LogP contribution in [0.15, 0.2) is 54.7 Å². The number of rotatable bonds is 7. The zero-order chi connectivity index (χ0) is 25.1. The Hall–Kier alpha value is -4.47. The van der Waals surface area contributed by atoms with E-state index in [1.165, 1.54) is 6.07 Å². The first-order valence-corrected chi connectivity index (χ1v) is 10.7. The van der Waals surface area contributed by atoms with Crippen LogP contribution < -0.4 is 15.4 Å². The van der Waals surface area contributed by atoms with Gasteiger partial charge in [-0.2, -0.15) is 0 Å². The summed E-state index contributed by atoms with van der Waals surface area (Å²) in [6, 6.07) is 12.1. The van der Waals surface area contributed by atoms with Crippen LogP contribution >= 0.6 is 0 Å². The molecule has 0 fully saturated rings. The van der Waals surface area contributed by atoms with Gasteiger partial charge in [0.05, 0.1) is 11.3 Å². The number of ether oxygens (including phenoxy) is 1. The van der Waals surface area contributed by atoms with Crippen molar-refractivity contribution in [3.8, 4) is 5.75 Å². The number of halogens is 2. The van der Waals surface area contributed by atoms with Crippen molar-refractivity contribution >= 4 is 23.3 Å². The number of anilines is 1. The van der Waals surface area contributed by atoms with E-state index in [0.29, 0.717) is 22.6 Å². The number of carbonyl (C=O) groups excluding carboxylic acids is 1. The number of imidazole rings is 1. The second-order valence-corrected chi connectivity index (χ2v) is 7.88. The van der Waals surface area contributed by atoms with Crippen LogP contribution in [-0.4, -0.2) is 26.5 Å². The Bertz CT molecular complexity index is 1410. The summed E-state index contributed by atoms with van der Waals surface area (Å²) in [7, 11) is 0. The first-order valence-electron chi connectivity index (χ1n) is 10.7. The van der Waals surface area contributed by atoms with Gasteiger partial charge in [0.2, 0.25) is 0 Å². The highest BCUT2D eigenvalue weighted by atomic mass is 19.1. The molecule has 0 radical (unpaired) electrons. The van der Waals surface area contributed by atoms with E-state index in [9.17, 15) is 18.4 Å². The molecule has 0 aliphatic rings. The predicted octanol–water partition coefficient (Wildman–Crippen LogP) is 4.83. The molecule has 180 valence electrons.